The molecule has 0 aromatic heterocycles. The van der Waals surface area contributed by atoms with Crippen molar-refractivity contribution >= 4 is 10.0 Å². The van der Waals surface area contributed by atoms with Crippen LogP contribution < -0.4 is 4.72 Å². The van der Waals surface area contributed by atoms with Crippen LogP contribution in [0.5, 0.6) is 0 Å². The van der Waals surface area contributed by atoms with Gasteiger partial charge in [-0.05, 0) is 19.2 Å². The van der Waals surface area contributed by atoms with Crippen molar-refractivity contribution in [2.24, 2.45) is 0 Å². The average Bonchev–Trinajstić information content (AvgIpc) is 2.39. The summed E-state index contributed by atoms with van der Waals surface area (Å²) in [5.41, 5.74) is 0.622. The highest BCUT2D eigenvalue weighted by Gasteiger charge is 2.18. The van der Waals surface area contributed by atoms with E-state index < -0.39 is 15.8 Å². The van der Waals surface area contributed by atoms with E-state index in [0.717, 1.165) is 0 Å². The topological polar surface area (TPSA) is 46.2 Å². The van der Waals surface area contributed by atoms with Gasteiger partial charge in [0.25, 0.3) is 0 Å². The minimum absolute atomic E-state index is 0.0672. The lowest BCUT2D eigenvalue weighted by atomic mass is 10.1. The van der Waals surface area contributed by atoms with E-state index in [1.165, 1.54) is 19.2 Å². The van der Waals surface area contributed by atoms with E-state index in [1.807, 2.05) is 0 Å². The normalized spacial score (nSPS) is 11.4. The summed E-state index contributed by atoms with van der Waals surface area (Å²) in [6.07, 6.45) is 0. The fourth-order valence-electron chi connectivity index (χ4n) is 1.71. The minimum Gasteiger partial charge on any atom is -0.214 e. The van der Waals surface area contributed by atoms with E-state index in [-0.39, 0.29) is 10.5 Å². The summed E-state index contributed by atoms with van der Waals surface area (Å²) < 4.78 is 39.7. The van der Waals surface area contributed by atoms with Gasteiger partial charge in [-0.25, -0.2) is 17.5 Å². The number of rotatable bonds is 3. The SMILES string of the molecule is CNS(=O)(=O)c1ccccc1-c1ccccc1F. The third-order valence-corrected chi connectivity index (χ3v) is 4.08. The largest absolute Gasteiger partial charge is 0.240 e. The minimum atomic E-state index is -3.61. The van der Waals surface area contributed by atoms with Gasteiger partial charge in [0.15, 0.2) is 0 Å². The standard InChI is InChI=1S/C13H12FNO2S/c1-15-18(16,17)13-9-5-3-7-11(13)10-6-2-4-8-12(10)14/h2-9,15H,1H3. The van der Waals surface area contributed by atoms with Crippen LogP contribution in [0.1, 0.15) is 0 Å². The summed E-state index contributed by atoms with van der Waals surface area (Å²) in [4.78, 5) is 0.0672. The Balaban J connectivity index is 2.71. The first-order valence-corrected chi connectivity index (χ1v) is 6.82. The highest BCUT2D eigenvalue weighted by molar-refractivity contribution is 7.89. The van der Waals surface area contributed by atoms with Crippen LogP contribution in [-0.4, -0.2) is 15.5 Å². The molecule has 0 amide bonds. The molecule has 2 rings (SSSR count). The second-order valence-electron chi connectivity index (χ2n) is 3.68. The van der Waals surface area contributed by atoms with Gasteiger partial charge < -0.3 is 0 Å². The molecule has 18 heavy (non-hydrogen) atoms. The van der Waals surface area contributed by atoms with Gasteiger partial charge in [0, 0.05) is 11.1 Å². The molecule has 0 spiro atoms. The van der Waals surface area contributed by atoms with Crippen LogP contribution >= 0.6 is 0 Å². The lowest BCUT2D eigenvalue weighted by Crippen LogP contribution is -2.19. The molecule has 0 aliphatic carbocycles. The molecule has 0 heterocycles. The lowest BCUT2D eigenvalue weighted by Gasteiger charge is -2.10. The van der Waals surface area contributed by atoms with Crippen LogP contribution in [0.3, 0.4) is 0 Å². The molecular formula is C13H12FNO2S. The first-order chi connectivity index (χ1) is 8.56. The van der Waals surface area contributed by atoms with E-state index in [9.17, 15) is 12.8 Å². The molecule has 0 aliphatic heterocycles. The Bertz CT molecular complexity index is 668. The third kappa shape index (κ3) is 2.27. The van der Waals surface area contributed by atoms with E-state index >= 15 is 0 Å². The predicted molar refractivity (Wildman–Crippen MR) is 68.1 cm³/mol. The first-order valence-electron chi connectivity index (χ1n) is 5.34. The number of hydrogen-bond acceptors (Lipinski definition) is 2. The zero-order chi connectivity index (χ0) is 13.2. The number of nitrogens with one attached hydrogen (secondary N) is 1. The quantitative estimate of drug-likeness (QED) is 0.926. The van der Waals surface area contributed by atoms with Gasteiger partial charge in [0.1, 0.15) is 5.82 Å². The van der Waals surface area contributed by atoms with Crippen LogP contribution in [-0.2, 0) is 10.0 Å². The molecular weight excluding hydrogens is 253 g/mol. The van der Waals surface area contributed by atoms with Gasteiger partial charge in [-0.2, -0.15) is 0 Å². The summed E-state index contributed by atoms with van der Waals surface area (Å²) in [6.45, 7) is 0. The molecule has 0 aliphatic rings. The van der Waals surface area contributed by atoms with E-state index in [4.69, 9.17) is 0 Å². The molecule has 3 nitrogen and oxygen atoms in total. The van der Waals surface area contributed by atoms with Gasteiger partial charge in [-0.15, -0.1) is 0 Å². The third-order valence-electron chi connectivity index (χ3n) is 2.61. The monoisotopic (exact) mass is 265 g/mol. The molecule has 0 radical (unpaired) electrons. The molecule has 1 N–H and O–H groups in total. The van der Waals surface area contributed by atoms with Gasteiger partial charge in [0.2, 0.25) is 10.0 Å². The highest BCUT2D eigenvalue weighted by Crippen LogP contribution is 2.28. The van der Waals surface area contributed by atoms with Crippen molar-refractivity contribution in [1.82, 2.24) is 4.72 Å². The fourth-order valence-corrected chi connectivity index (χ4v) is 2.66. The maximum atomic E-state index is 13.7. The predicted octanol–water partition coefficient (Wildman–Crippen LogP) is 2.40. The van der Waals surface area contributed by atoms with Crippen LogP contribution in [0.4, 0.5) is 4.39 Å². The molecule has 5 heteroatoms. The highest BCUT2D eigenvalue weighted by atomic mass is 32.2. The smallest absolute Gasteiger partial charge is 0.214 e. The van der Waals surface area contributed by atoms with Crippen LogP contribution in [0.2, 0.25) is 0 Å². The van der Waals surface area contributed by atoms with E-state index in [0.29, 0.717) is 5.56 Å². The second-order valence-corrected chi connectivity index (χ2v) is 5.54. The second kappa shape index (κ2) is 4.88. The van der Waals surface area contributed by atoms with Gasteiger partial charge in [0.05, 0.1) is 4.90 Å². The summed E-state index contributed by atoms with van der Waals surface area (Å²) in [5.74, 6) is -0.448. The maximum absolute atomic E-state index is 13.7. The molecule has 0 atom stereocenters. The molecule has 0 saturated heterocycles. The molecule has 2 aromatic carbocycles. The van der Waals surface area contributed by atoms with Gasteiger partial charge >= 0.3 is 0 Å². The average molecular weight is 265 g/mol. The number of hydrogen-bond donors (Lipinski definition) is 1. The Labute approximate surface area is 105 Å². The van der Waals surface area contributed by atoms with Crippen molar-refractivity contribution in [2.45, 2.75) is 4.90 Å². The zero-order valence-electron chi connectivity index (χ0n) is 9.72. The summed E-state index contributed by atoms with van der Waals surface area (Å²) >= 11 is 0. The maximum Gasteiger partial charge on any atom is 0.240 e. The zero-order valence-corrected chi connectivity index (χ0v) is 10.5. The van der Waals surface area contributed by atoms with Crippen molar-refractivity contribution in [3.63, 3.8) is 0 Å². The summed E-state index contributed by atoms with van der Waals surface area (Å²) in [5, 5.41) is 0. The molecule has 94 valence electrons. The van der Waals surface area contributed by atoms with Crippen molar-refractivity contribution in [3.8, 4) is 11.1 Å². The number of sulfonamides is 1. The van der Waals surface area contributed by atoms with Crippen molar-refractivity contribution < 1.29 is 12.8 Å². The Morgan fingerprint density at radius 3 is 2.11 bits per heavy atom. The van der Waals surface area contributed by atoms with E-state index in [2.05, 4.69) is 4.72 Å². The van der Waals surface area contributed by atoms with Crippen LogP contribution in [0, 0.1) is 5.82 Å². The number of benzene rings is 2. The molecule has 0 fully saturated rings. The molecule has 0 saturated carbocycles. The summed E-state index contributed by atoms with van der Waals surface area (Å²) in [7, 11) is -2.28. The van der Waals surface area contributed by atoms with Gasteiger partial charge in [-0.1, -0.05) is 36.4 Å². The molecule has 0 unspecified atom stereocenters. The molecule has 0 bridgehead atoms. The Kier molecular flexibility index (Phi) is 3.45. The molecule has 2 aromatic rings. The van der Waals surface area contributed by atoms with E-state index in [1.54, 1.807) is 36.4 Å². The number of halogens is 1. The van der Waals surface area contributed by atoms with Gasteiger partial charge in [-0.3, -0.25) is 0 Å². The van der Waals surface area contributed by atoms with Crippen molar-refractivity contribution in [1.29, 1.82) is 0 Å². The van der Waals surface area contributed by atoms with Crippen LogP contribution in [0.15, 0.2) is 53.4 Å². The van der Waals surface area contributed by atoms with Crippen molar-refractivity contribution in [3.05, 3.63) is 54.3 Å². The lowest BCUT2D eigenvalue weighted by molar-refractivity contribution is 0.588. The fraction of sp³-hybridized carbons (Fsp3) is 0.0769. The first kappa shape index (κ1) is 12.7. The Morgan fingerprint density at radius 2 is 1.50 bits per heavy atom. The Morgan fingerprint density at radius 1 is 0.944 bits per heavy atom. The summed E-state index contributed by atoms with van der Waals surface area (Å²) in [6, 6.07) is 12.4. The van der Waals surface area contributed by atoms with Crippen LogP contribution in [0.25, 0.3) is 11.1 Å². The van der Waals surface area contributed by atoms with Crippen molar-refractivity contribution in [2.75, 3.05) is 7.05 Å². The Hall–Kier alpha value is -1.72.